The van der Waals surface area contributed by atoms with Crippen molar-refractivity contribution in [3.8, 4) is 6.07 Å². The van der Waals surface area contributed by atoms with Crippen LogP contribution in [-0.4, -0.2) is 5.24 Å². The van der Waals surface area contributed by atoms with Crippen molar-refractivity contribution in [3.05, 3.63) is 11.3 Å². The van der Waals surface area contributed by atoms with Crippen LogP contribution < -0.4 is 5.73 Å². The van der Waals surface area contributed by atoms with Crippen molar-refractivity contribution in [1.29, 1.82) is 5.26 Å². The summed E-state index contributed by atoms with van der Waals surface area (Å²) < 4.78 is 0. The monoisotopic (exact) mass is 200 g/mol. The van der Waals surface area contributed by atoms with E-state index in [1.165, 1.54) is 0 Å². The maximum absolute atomic E-state index is 10.8. The van der Waals surface area contributed by atoms with Crippen LogP contribution in [0, 0.1) is 17.2 Å². The lowest BCUT2D eigenvalue weighted by Gasteiger charge is -2.12. The number of nitrogens with zero attached hydrogens (tertiary/aromatic N) is 1. The molecule has 72 valence electrons. The molecule has 3 nitrogen and oxygen atoms in total. The molecule has 13 heavy (non-hydrogen) atoms. The molecular formula is C9H13ClN2O. The highest BCUT2D eigenvalue weighted by Crippen LogP contribution is 2.18. The minimum atomic E-state index is -0.771. The lowest BCUT2D eigenvalue weighted by molar-refractivity contribution is -0.108. The van der Waals surface area contributed by atoms with Gasteiger partial charge in [0.05, 0.1) is 0 Å². The number of nitriles is 1. The number of halogens is 1. The van der Waals surface area contributed by atoms with Crippen LogP contribution in [0.25, 0.3) is 0 Å². The topological polar surface area (TPSA) is 66.9 Å². The normalized spacial score (nSPS) is 12.2. The number of nitrogens with two attached hydrogens (primary N) is 1. The van der Waals surface area contributed by atoms with Crippen LogP contribution in [-0.2, 0) is 4.79 Å². The van der Waals surface area contributed by atoms with Crippen molar-refractivity contribution in [1.82, 2.24) is 0 Å². The van der Waals surface area contributed by atoms with Gasteiger partial charge in [0.2, 0.25) is 0 Å². The zero-order valence-corrected chi connectivity index (χ0v) is 8.56. The van der Waals surface area contributed by atoms with Gasteiger partial charge in [-0.25, -0.2) is 0 Å². The second kappa shape index (κ2) is 5.60. The van der Waals surface area contributed by atoms with Crippen LogP contribution in [0.3, 0.4) is 0 Å². The van der Waals surface area contributed by atoms with Crippen molar-refractivity contribution in [2.75, 3.05) is 0 Å². The van der Waals surface area contributed by atoms with E-state index in [-0.39, 0.29) is 11.5 Å². The molecule has 2 N–H and O–H groups in total. The van der Waals surface area contributed by atoms with E-state index in [1.807, 2.05) is 13.8 Å². The smallest absolute Gasteiger partial charge is 0.264 e. The van der Waals surface area contributed by atoms with Crippen molar-refractivity contribution >= 4 is 16.8 Å². The van der Waals surface area contributed by atoms with Gasteiger partial charge in [0.1, 0.15) is 11.6 Å². The minimum Gasteiger partial charge on any atom is -0.401 e. The predicted molar refractivity (Wildman–Crippen MR) is 51.8 cm³/mol. The van der Waals surface area contributed by atoms with Gasteiger partial charge >= 0.3 is 0 Å². The van der Waals surface area contributed by atoms with Crippen molar-refractivity contribution in [2.24, 2.45) is 11.7 Å². The zero-order chi connectivity index (χ0) is 10.4. The molecule has 0 fully saturated rings. The fourth-order valence-corrected chi connectivity index (χ4v) is 1.31. The predicted octanol–water partition coefficient (Wildman–Crippen LogP) is 1.92. The number of carbonyl (C=O) groups excluding carboxylic acids is 1. The first-order valence-electron chi connectivity index (χ1n) is 4.17. The molecule has 0 amide bonds. The van der Waals surface area contributed by atoms with Gasteiger partial charge in [-0.2, -0.15) is 5.26 Å². The highest BCUT2D eigenvalue weighted by molar-refractivity contribution is 6.68. The van der Waals surface area contributed by atoms with Gasteiger partial charge in [0.25, 0.3) is 5.24 Å². The first-order chi connectivity index (χ1) is 6.08. The van der Waals surface area contributed by atoms with E-state index < -0.39 is 5.24 Å². The lowest BCUT2D eigenvalue weighted by atomic mass is 9.97. The summed E-state index contributed by atoms with van der Waals surface area (Å²) in [5.41, 5.74) is 5.84. The second-order valence-electron chi connectivity index (χ2n) is 2.73. The Morgan fingerprint density at radius 2 is 2.00 bits per heavy atom. The highest BCUT2D eigenvalue weighted by atomic mass is 35.5. The third-order valence-electron chi connectivity index (χ3n) is 2.02. The quantitative estimate of drug-likeness (QED) is 0.428. The molecule has 0 aromatic rings. The summed E-state index contributed by atoms with van der Waals surface area (Å²) in [6.07, 6.45) is 1.61. The van der Waals surface area contributed by atoms with Crippen LogP contribution >= 0.6 is 11.6 Å². The fraction of sp³-hybridized carbons (Fsp3) is 0.556. The first kappa shape index (κ1) is 12.0. The molecule has 0 spiro atoms. The third-order valence-corrected chi connectivity index (χ3v) is 2.21. The summed E-state index contributed by atoms with van der Waals surface area (Å²) in [5.74, 6) is 0.0670. The Bertz CT molecular complexity index is 261. The van der Waals surface area contributed by atoms with Crippen LogP contribution in [0.5, 0.6) is 0 Å². The Hall–Kier alpha value is -1.01. The summed E-state index contributed by atoms with van der Waals surface area (Å²) in [6, 6.07) is 1.72. The maximum atomic E-state index is 10.8. The Morgan fingerprint density at radius 3 is 2.23 bits per heavy atom. The Morgan fingerprint density at radius 1 is 1.54 bits per heavy atom. The number of allylic oxidation sites excluding steroid dienone is 2. The molecule has 0 saturated carbocycles. The zero-order valence-electron chi connectivity index (χ0n) is 7.80. The van der Waals surface area contributed by atoms with Gasteiger partial charge in [-0.3, -0.25) is 4.79 Å². The van der Waals surface area contributed by atoms with Gasteiger partial charge in [-0.15, -0.1) is 0 Å². The van der Waals surface area contributed by atoms with E-state index in [0.29, 0.717) is 5.70 Å². The third kappa shape index (κ3) is 3.08. The van der Waals surface area contributed by atoms with Crippen LogP contribution in [0.4, 0.5) is 0 Å². The van der Waals surface area contributed by atoms with Gasteiger partial charge in [0.15, 0.2) is 0 Å². The Kier molecular flexibility index (Phi) is 5.17. The van der Waals surface area contributed by atoms with Crippen LogP contribution in [0.1, 0.15) is 26.7 Å². The SMILES string of the molecule is CCC(CC)/C(N)=C(/C#N)C(=O)Cl. The van der Waals surface area contributed by atoms with Gasteiger partial charge in [-0.05, 0) is 30.4 Å². The lowest BCUT2D eigenvalue weighted by Crippen LogP contribution is -2.15. The molecule has 4 heteroatoms. The Labute approximate surface area is 83.2 Å². The van der Waals surface area contributed by atoms with Crippen LogP contribution in [0.15, 0.2) is 11.3 Å². The molecule has 0 atom stereocenters. The number of rotatable bonds is 4. The molecule has 0 saturated heterocycles. The Balaban J connectivity index is 4.96. The van der Waals surface area contributed by atoms with Gasteiger partial charge < -0.3 is 5.73 Å². The van der Waals surface area contributed by atoms with E-state index in [1.54, 1.807) is 6.07 Å². The van der Waals surface area contributed by atoms with E-state index in [0.717, 1.165) is 12.8 Å². The van der Waals surface area contributed by atoms with E-state index in [4.69, 9.17) is 22.6 Å². The van der Waals surface area contributed by atoms with Gasteiger partial charge in [0, 0.05) is 5.70 Å². The number of carbonyl (C=O) groups is 1. The van der Waals surface area contributed by atoms with Crippen molar-refractivity contribution in [3.63, 3.8) is 0 Å². The van der Waals surface area contributed by atoms with Crippen molar-refractivity contribution < 1.29 is 4.79 Å². The fourth-order valence-electron chi connectivity index (χ4n) is 1.15. The van der Waals surface area contributed by atoms with Gasteiger partial charge in [-0.1, -0.05) is 13.8 Å². The summed E-state index contributed by atoms with van der Waals surface area (Å²) >= 11 is 5.20. The van der Waals surface area contributed by atoms with E-state index in [9.17, 15) is 4.79 Å². The maximum Gasteiger partial charge on any atom is 0.264 e. The molecule has 0 bridgehead atoms. The second-order valence-corrected chi connectivity index (χ2v) is 3.07. The number of hydrogen-bond acceptors (Lipinski definition) is 3. The molecule has 0 aromatic carbocycles. The first-order valence-corrected chi connectivity index (χ1v) is 4.55. The molecule has 0 aromatic heterocycles. The molecule has 0 aliphatic rings. The molecular weight excluding hydrogens is 188 g/mol. The molecule has 0 heterocycles. The summed E-state index contributed by atoms with van der Waals surface area (Å²) in [5, 5.41) is 7.84. The summed E-state index contributed by atoms with van der Waals surface area (Å²) in [6.45, 7) is 3.91. The van der Waals surface area contributed by atoms with Crippen LogP contribution in [0.2, 0.25) is 0 Å². The number of hydrogen-bond donors (Lipinski definition) is 1. The molecule has 0 aliphatic carbocycles. The van der Waals surface area contributed by atoms with E-state index >= 15 is 0 Å². The summed E-state index contributed by atoms with van der Waals surface area (Å²) in [7, 11) is 0. The molecule has 0 radical (unpaired) electrons. The molecule has 0 aliphatic heterocycles. The van der Waals surface area contributed by atoms with Crippen molar-refractivity contribution in [2.45, 2.75) is 26.7 Å². The highest BCUT2D eigenvalue weighted by Gasteiger charge is 2.16. The largest absolute Gasteiger partial charge is 0.401 e. The average Bonchev–Trinajstić information content (AvgIpc) is 2.07. The molecule has 0 unspecified atom stereocenters. The summed E-state index contributed by atoms with van der Waals surface area (Å²) in [4.78, 5) is 10.8. The average molecular weight is 201 g/mol. The van der Waals surface area contributed by atoms with E-state index in [2.05, 4.69) is 0 Å². The standard InChI is InChI=1S/C9H13ClN2O/c1-3-6(4-2)8(12)7(5-11)9(10)13/h6H,3-4,12H2,1-2H3/b8-7+. The minimum absolute atomic E-state index is 0.0670. The molecule has 0 rings (SSSR count).